The van der Waals surface area contributed by atoms with E-state index in [2.05, 4.69) is 17.4 Å². The van der Waals surface area contributed by atoms with E-state index in [9.17, 15) is 14.7 Å². The molecule has 1 aromatic carbocycles. The molecule has 1 amide bonds. The molecule has 0 heterocycles. The summed E-state index contributed by atoms with van der Waals surface area (Å²) in [7, 11) is 0. The molecule has 2 rings (SSSR count). The van der Waals surface area contributed by atoms with E-state index in [0.29, 0.717) is 12.8 Å². The highest BCUT2D eigenvalue weighted by molar-refractivity contribution is 5.85. The van der Waals surface area contributed by atoms with Crippen LogP contribution in [0.15, 0.2) is 30.3 Å². The summed E-state index contributed by atoms with van der Waals surface area (Å²) in [4.78, 5) is 23.6. The van der Waals surface area contributed by atoms with E-state index in [0.717, 1.165) is 25.7 Å². The zero-order chi connectivity index (χ0) is 15.9. The van der Waals surface area contributed by atoms with Gasteiger partial charge < -0.3 is 10.4 Å². The van der Waals surface area contributed by atoms with Gasteiger partial charge in [0.05, 0.1) is 11.8 Å². The molecule has 3 atom stereocenters. The quantitative estimate of drug-likeness (QED) is 0.849. The number of aryl methyl sites for hydroxylation is 1. The van der Waals surface area contributed by atoms with Crippen molar-refractivity contribution in [2.24, 2.45) is 11.8 Å². The Morgan fingerprint density at radius 1 is 1.18 bits per heavy atom. The van der Waals surface area contributed by atoms with Crippen molar-refractivity contribution in [1.29, 1.82) is 0 Å². The van der Waals surface area contributed by atoms with Crippen molar-refractivity contribution in [3.8, 4) is 0 Å². The average molecular weight is 303 g/mol. The summed E-state index contributed by atoms with van der Waals surface area (Å²) in [6, 6.07) is 10.2. The van der Waals surface area contributed by atoms with Crippen LogP contribution in [0.1, 0.15) is 44.6 Å². The Morgan fingerprint density at radius 2 is 1.82 bits per heavy atom. The Bertz CT molecular complexity index is 500. The van der Waals surface area contributed by atoms with E-state index in [1.54, 1.807) is 0 Å². The van der Waals surface area contributed by atoms with Gasteiger partial charge >= 0.3 is 5.97 Å². The third kappa shape index (κ3) is 4.58. The molecule has 2 N–H and O–H groups in total. The van der Waals surface area contributed by atoms with Crippen molar-refractivity contribution < 1.29 is 14.7 Å². The predicted octanol–water partition coefficient (Wildman–Crippen LogP) is 3.01. The number of carboxylic acid groups (broad SMARTS) is 1. The van der Waals surface area contributed by atoms with E-state index in [4.69, 9.17) is 0 Å². The van der Waals surface area contributed by atoms with Crippen LogP contribution in [-0.4, -0.2) is 23.0 Å². The van der Waals surface area contributed by atoms with Crippen molar-refractivity contribution in [1.82, 2.24) is 5.32 Å². The summed E-state index contributed by atoms with van der Waals surface area (Å²) in [5.41, 5.74) is 1.25. The molecule has 1 aromatic rings. The third-order valence-electron chi connectivity index (χ3n) is 4.52. The lowest BCUT2D eigenvalue weighted by Crippen LogP contribution is -2.43. The minimum Gasteiger partial charge on any atom is -0.481 e. The van der Waals surface area contributed by atoms with Crippen molar-refractivity contribution in [2.45, 2.75) is 51.5 Å². The highest BCUT2D eigenvalue weighted by atomic mass is 16.4. The first-order valence-electron chi connectivity index (χ1n) is 8.15. The molecule has 0 radical (unpaired) electrons. The molecule has 22 heavy (non-hydrogen) atoms. The highest BCUT2D eigenvalue weighted by Gasteiger charge is 2.35. The minimum atomic E-state index is -0.836. The van der Waals surface area contributed by atoms with Crippen molar-refractivity contribution in [3.63, 3.8) is 0 Å². The number of hydrogen-bond donors (Lipinski definition) is 2. The molecule has 0 unspecified atom stereocenters. The number of rotatable bonds is 6. The number of amides is 1. The summed E-state index contributed by atoms with van der Waals surface area (Å²) in [5, 5.41) is 12.3. The Hall–Kier alpha value is -1.84. The zero-order valence-corrected chi connectivity index (χ0v) is 13.1. The number of carbonyl (C=O) groups is 2. The molecule has 4 heteroatoms. The van der Waals surface area contributed by atoms with Gasteiger partial charge in [-0.2, -0.15) is 0 Å². The Morgan fingerprint density at radius 3 is 2.45 bits per heavy atom. The molecular formula is C18H25NO3. The summed E-state index contributed by atoms with van der Waals surface area (Å²) >= 11 is 0. The second-order valence-corrected chi connectivity index (χ2v) is 6.27. The second kappa shape index (κ2) is 7.97. The van der Waals surface area contributed by atoms with Crippen LogP contribution in [0.3, 0.4) is 0 Å². The van der Waals surface area contributed by atoms with E-state index in [1.807, 2.05) is 25.1 Å². The molecule has 120 valence electrons. The second-order valence-electron chi connectivity index (χ2n) is 6.27. The lowest BCUT2D eigenvalue weighted by atomic mass is 9.78. The number of benzene rings is 1. The number of nitrogens with one attached hydrogen (secondary N) is 1. The zero-order valence-electron chi connectivity index (χ0n) is 13.1. The first-order chi connectivity index (χ1) is 10.6. The smallest absolute Gasteiger partial charge is 0.307 e. The minimum absolute atomic E-state index is 0.0593. The highest BCUT2D eigenvalue weighted by Crippen LogP contribution is 2.30. The first-order valence-corrected chi connectivity index (χ1v) is 8.15. The van der Waals surface area contributed by atoms with E-state index >= 15 is 0 Å². The summed E-state index contributed by atoms with van der Waals surface area (Å²) in [6.45, 7) is 1.99. The Labute approximate surface area is 131 Å². The number of carboxylic acids is 1. The largest absolute Gasteiger partial charge is 0.481 e. The predicted molar refractivity (Wildman–Crippen MR) is 85.5 cm³/mol. The van der Waals surface area contributed by atoms with Gasteiger partial charge in [0, 0.05) is 6.04 Å². The van der Waals surface area contributed by atoms with E-state index in [1.165, 1.54) is 5.56 Å². The SMILES string of the molecule is C[C@H](CCc1ccccc1)NC(=O)[C@@H]1CCCC[C@H]1C(=O)O. The molecule has 0 bridgehead atoms. The Balaban J connectivity index is 1.83. The van der Waals surface area contributed by atoms with Crippen LogP contribution in [-0.2, 0) is 16.0 Å². The van der Waals surface area contributed by atoms with Crippen LogP contribution in [0.25, 0.3) is 0 Å². The van der Waals surface area contributed by atoms with Gasteiger partial charge in [-0.15, -0.1) is 0 Å². The molecule has 1 aliphatic carbocycles. The van der Waals surface area contributed by atoms with Crippen molar-refractivity contribution in [3.05, 3.63) is 35.9 Å². The molecule has 4 nitrogen and oxygen atoms in total. The van der Waals surface area contributed by atoms with Crippen LogP contribution in [0.4, 0.5) is 0 Å². The van der Waals surface area contributed by atoms with Crippen LogP contribution >= 0.6 is 0 Å². The maximum atomic E-state index is 12.4. The van der Waals surface area contributed by atoms with Crippen LogP contribution < -0.4 is 5.32 Å². The molecule has 1 fully saturated rings. The van der Waals surface area contributed by atoms with Gasteiger partial charge in [0.15, 0.2) is 0 Å². The van der Waals surface area contributed by atoms with E-state index < -0.39 is 11.9 Å². The standard InChI is InChI=1S/C18H25NO3/c1-13(11-12-14-7-3-2-4-8-14)19-17(20)15-9-5-6-10-16(15)18(21)22/h2-4,7-8,13,15-16H,5-6,9-12H2,1H3,(H,19,20)(H,21,22)/t13-,15-,16-/m1/s1. The summed E-state index contributed by atoms with van der Waals surface area (Å²) in [6.07, 6.45) is 4.93. The van der Waals surface area contributed by atoms with Gasteiger partial charge in [-0.05, 0) is 38.2 Å². The number of aliphatic carboxylic acids is 1. The summed E-state index contributed by atoms with van der Waals surface area (Å²) in [5.74, 6) is -1.81. The van der Waals surface area contributed by atoms with Gasteiger partial charge in [0.1, 0.15) is 0 Å². The molecule has 0 aliphatic heterocycles. The van der Waals surface area contributed by atoms with Crippen molar-refractivity contribution >= 4 is 11.9 Å². The Kier molecular flexibility index (Phi) is 5.99. The van der Waals surface area contributed by atoms with Gasteiger partial charge in [0.2, 0.25) is 5.91 Å². The summed E-state index contributed by atoms with van der Waals surface area (Å²) < 4.78 is 0. The van der Waals surface area contributed by atoms with Gasteiger partial charge in [-0.25, -0.2) is 0 Å². The average Bonchev–Trinajstić information content (AvgIpc) is 2.54. The fourth-order valence-corrected chi connectivity index (χ4v) is 3.19. The normalized spacial score (nSPS) is 22.8. The van der Waals surface area contributed by atoms with Crippen LogP contribution in [0.2, 0.25) is 0 Å². The molecule has 1 saturated carbocycles. The number of hydrogen-bond acceptors (Lipinski definition) is 2. The van der Waals surface area contributed by atoms with E-state index in [-0.39, 0.29) is 17.9 Å². The van der Waals surface area contributed by atoms with Gasteiger partial charge in [-0.1, -0.05) is 43.2 Å². The third-order valence-corrected chi connectivity index (χ3v) is 4.52. The first kappa shape index (κ1) is 16.5. The fourth-order valence-electron chi connectivity index (χ4n) is 3.19. The van der Waals surface area contributed by atoms with Gasteiger partial charge in [0.25, 0.3) is 0 Å². The maximum absolute atomic E-state index is 12.4. The fraction of sp³-hybridized carbons (Fsp3) is 0.556. The van der Waals surface area contributed by atoms with Gasteiger partial charge in [-0.3, -0.25) is 9.59 Å². The molecular weight excluding hydrogens is 278 g/mol. The number of carbonyl (C=O) groups excluding carboxylic acids is 1. The molecule has 0 aromatic heterocycles. The van der Waals surface area contributed by atoms with Crippen LogP contribution in [0, 0.1) is 11.8 Å². The van der Waals surface area contributed by atoms with Crippen LogP contribution in [0.5, 0.6) is 0 Å². The maximum Gasteiger partial charge on any atom is 0.307 e. The lowest BCUT2D eigenvalue weighted by Gasteiger charge is -2.28. The van der Waals surface area contributed by atoms with Crippen molar-refractivity contribution in [2.75, 3.05) is 0 Å². The molecule has 0 spiro atoms. The monoisotopic (exact) mass is 303 g/mol. The molecule has 1 aliphatic rings. The topological polar surface area (TPSA) is 66.4 Å². The molecule has 0 saturated heterocycles. The lowest BCUT2D eigenvalue weighted by molar-refractivity contribution is -0.149.